The van der Waals surface area contributed by atoms with Crippen LogP contribution in [-0.4, -0.2) is 64.3 Å². The van der Waals surface area contributed by atoms with Crippen molar-refractivity contribution in [2.24, 2.45) is 4.99 Å². The van der Waals surface area contributed by atoms with Gasteiger partial charge in [-0.2, -0.15) is 0 Å². The number of sulfone groups is 1. The first-order valence-corrected chi connectivity index (χ1v) is 10.8. The average molecular weight is 524 g/mol. The predicted molar refractivity (Wildman–Crippen MR) is 123 cm³/mol. The highest BCUT2D eigenvalue weighted by atomic mass is 127. The van der Waals surface area contributed by atoms with Crippen LogP contribution in [0.15, 0.2) is 46.3 Å². The second kappa shape index (κ2) is 11.7. The minimum atomic E-state index is -3.68. The minimum absolute atomic E-state index is 0. The van der Waals surface area contributed by atoms with E-state index in [9.17, 15) is 12.8 Å². The molecule has 0 amide bonds. The largest absolute Gasteiger partial charge is 0.355 e. The van der Waals surface area contributed by atoms with Crippen LogP contribution in [0.25, 0.3) is 0 Å². The Kier molecular flexibility index (Phi) is 10.4. The molecule has 0 spiro atoms. The van der Waals surface area contributed by atoms with Crippen LogP contribution >= 0.6 is 24.0 Å². The Bertz CT molecular complexity index is 778. The number of aliphatic imine (C=N–C) groups is 1. The Balaban J connectivity index is 0.00000392. The van der Waals surface area contributed by atoms with Gasteiger partial charge in [0.25, 0.3) is 0 Å². The number of benzene rings is 1. The van der Waals surface area contributed by atoms with E-state index >= 15 is 0 Å². The topological polar surface area (TPSA) is 73.8 Å². The van der Waals surface area contributed by atoms with Gasteiger partial charge in [-0.3, -0.25) is 9.89 Å². The molecule has 9 heteroatoms. The average Bonchev–Trinajstić information content (AvgIpc) is 2.62. The van der Waals surface area contributed by atoms with Gasteiger partial charge >= 0.3 is 0 Å². The van der Waals surface area contributed by atoms with Crippen LogP contribution in [0.1, 0.15) is 19.8 Å². The van der Waals surface area contributed by atoms with Crippen LogP contribution in [0.2, 0.25) is 0 Å². The molecule has 2 rings (SSSR count). The Morgan fingerprint density at radius 2 is 1.96 bits per heavy atom. The molecule has 0 aliphatic carbocycles. The molecule has 1 heterocycles. The van der Waals surface area contributed by atoms with Gasteiger partial charge in [0.2, 0.25) is 0 Å². The lowest BCUT2D eigenvalue weighted by Gasteiger charge is -2.33. The van der Waals surface area contributed by atoms with Crippen molar-refractivity contribution in [1.29, 1.82) is 0 Å². The van der Waals surface area contributed by atoms with Gasteiger partial charge in [0, 0.05) is 39.3 Å². The number of halogens is 2. The lowest BCUT2D eigenvalue weighted by atomic mass is 10.0. The normalized spacial score (nSPS) is 16.3. The number of hydrogen-bond donors (Lipinski definition) is 2. The van der Waals surface area contributed by atoms with Gasteiger partial charge in [-0.25, -0.2) is 12.8 Å². The molecule has 0 radical (unpaired) electrons. The summed E-state index contributed by atoms with van der Waals surface area (Å²) in [5, 5.41) is 6.35. The van der Waals surface area contributed by atoms with Crippen LogP contribution < -0.4 is 10.6 Å². The van der Waals surface area contributed by atoms with E-state index in [4.69, 9.17) is 0 Å². The molecule has 1 aromatic carbocycles. The SMILES string of the molecule is C=C(C)CN1CCC(NC(=NC)NCCS(=O)(=O)c2ccccc2F)CC1.I. The van der Waals surface area contributed by atoms with Gasteiger partial charge < -0.3 is 10.6 Å². The summed E-state index contributed by atoms with van der Waals surface area (Å²) in [6.07, 6.45) is 1.98. The molecule has 1 aromatic rings. The number of guanidine groups is 1. The standard InChI is InChI=1S/C19H29FN4O2S.HI/c1-15(2)14-24-11-8-16(9-12-24)23-19(21-3)22-10-13-27(25,26)18-7-5-4-6-17(18)20;/h4-7,16H,1,8-14H2,2-3H3,(H2,21,22,23);1H. The summed E-state index contributed by atoms with van der Waals surface area (Å²) in [5.74, 6) is -0.357. The molecule has 0 bridgehead atoms. The predicted octanol–water partition coefficient (Wildman–Crippen LogP) is 2.42. The van der Waals surface area contributed by atoms with E-state index in [1.165, 1.54) is 18.2 Å². The molecule has 1 aliphatic rings. The zero-order chi connectivity index (χ0) is 19.9. The summed E-state index contributed by atoms with van der Waals surface area (Å²) in [6, 6.07) is 5.72. The van der Waals surface area contributed by atoms with E-state index in [-0.39, 0.29) is 41.2 Å². The van der Waals surface area contributed by atoms with E-state index in [1.54, 1.807) is 7.05 Å². The first-order chi connectivity index (χ1) is 12.8. The van der Waals surface area contributed by atoms with Gasteiger partial charge in [0.05, 0.1) is 5.75 Å². The summed E-state index contributed by atoms with van der Waals surface area (Å²) in [7, 11) is -2.03. The molecule has 0 saturated carbocycles. The highest BCUT2D eigenvalue weighted by Gasteiger charge is 2.21. The fourth-order valence-corrected chi connectivity index (χ4v) is 4.36. The second-order valence-corrected chi connectivity index (χ2v) is 8.98. The number of likely N-dealkylation sites (tertiary alicyclic amines) is 1. The van der Waals surface area contributed by atoms with Crippen molar-refractivity contribution in [2.45, 2.75) is 30.7 Å². The molecule has 0 aromatic heterocycles. The lowest BCUT2D eigenvalue weighted by molar-refractivity contribution is 0.221. The summed E-state index contributed by atoms with van der Waals surface area (Å²) >= 11 is 0. The van der Waals surface area contributed by atoms with Gasteiger partial charge in [-0.05, 0) is 31.9 Å². The smallest absolute Gasteiger partial charge is 0.191 e. The highest BCUT2D eigenvalue weighted by Crippen LogP contribution is 2.15. The molecule has 1 aliphatic heterocycles. The van der Waals surface area contributed by atoms with Crippen molar-refractivity contribution >= 4 is 39.8 Å². The highest BCUT2D eigenvalue weighted by molar-refractivity contribution is 14.0. The maximum Gasteiger partial charge on any atom is 0.191 e. The third-order valence-electron chi connectivity index (χ3n) is 4.48. The van der Waals surface area contributed by atoms with Crippen molar-refractivity contribution in [1.82, 2.24) is 15.5 Å². The monoisotopic (exact) mass is 524 g/mol. The van der Waals surface area contributed by atoms with E-state index < -0.39 is 15.7 Å². The molecular weight excluding hydrogens is 494 g/mol. The summed E-state index contributed by atoms with van der Waals surface area (Å²) in [6.45, 7) is 9.05. The third kappa shape index (κ3) is 7.67. The van der Waals surface area contributed by atoms with Crippen molar-refractivity contribution in [3.63, 3.8) is 0 Å². The van der Waals surface area contributed by atoms with Crippen LogP contribution in [0.3, 0.4) is 0 Å². The van der Waals surface area contributed by atoms with Crippen molar-refractivity contribution in [3.05, 3.63) is 42.2 Å². The van der Waals surface area contributed by atoms with Crippen LogP contribution in [0, 0.1) is 5.82 Å². The van der Waals surface area contributed by atoms with Crippen molar-refractivity contribution in [2.75, 3.05) is 39.0 Å². The maximum atomic E-state index is 13.7. The summed E-state index contributed by atoms with van der Waals surface area (Å²) in [5.41, 5.74) is 1.16. The molecule has 158 valence electrons. The Morgan fingerprint density at radius 1 is 1.32 bits per heavy atom. The van der Waals surface area contributed by atoms with Gasteiger partial charge in [0.15, 0.2) is 15.8 Å². The Morgan fingerprint density at radius 3 is 2.54 bits per heavy atom. The van der Waals surface area contributed by atoms with Crippen molar-refractivity contribution in [3.8, 4) is 0 Å². The Hall–Kier alpha value is -1.20. The van der Waals surface area contributed by atoms with Crippen molar-refractivity contribution < 1.29 is 12.8 Å². The van der Waals surface area contributed by atoms with Gasteiger partial charge in [-0.1, -0.05) is 24.3 Å². The molecule has 1 fully saturated rings. The van der Waals surface area contributed by atoms with Gasteiger partial charge in [0.1, 0.15) is 10.7 Å². The maximum absolute atomic E-state index is 13.7. The van der Waals surface area contributed by atoms with Crippen LogP contribution in [0.4, 0.5) is 4.39 Å². The number of hydrogen-bond acceptors (Lipinski definition) is 4. The van der Waals surface area contributed by atoms with E-state index in [1.807, 2.05) is 6.92 Å². The molecule has 28 heavy (non-hydrogen) atoms. The molecular formula is C19H30FIN4O2S. The minimum Gasteiger partial charge on any atom is -0.355 e. The van der Waals surface area contributed by atoms with E-state index in [0.717, 1.165) is 44.1 Å². The van der Waals surface area contributed by atoms with E-state index in [2.05, 4.69) is 27.1 Å². The number of nitrogens with zero attached hydrogens (tertiary/aromatic N) is 2. The fraction of sp³-hybridized carbons (Fsp3) is 0.526. The summed E-state index contributed by atoms with van der Waals surface area (Å²) < 4.78 is 38.3. The zero-order valence-corrected chi connectivity index (χ0v) is 19.6. The molecule has 0 unspecified atom stereocenters. The third-order valence-corrected chi connectivity index (χ3v) is 6.22. The molecule has 2 N–H and O–H groups in total. The molecule has 1 saturated heterocycles. The lowest BCUT2D eigenvalue weighted by Crippen LogP contribution is -2.49. The number of rotatable bonds is 7. The number of piperidine rings is 1. The van der Waals surface area contributed by atoms with E-state index in [0.29, 0.717) is 12.0 Å². The summed E-state index contributed by atoms with van der Waals surface area (Å²) in [4.78, 5) is 6.27. The van der Waals surface area contributed by atoms with Crippen LogP contribution in [0.5, 0.6) is 0 Å². The van der Waals surface area contributed by atoms with Gasteiger partial charge in [-0.15, -0.1) is 24.0 Å². The first-order valence-electron chi connectivity index (χ1n) is 9.13. The van der Waals surface area contributed by atoms with Crippen LogP contribution in [-0.2, 0) is 9.84 Å². The number of nitrogens with one attached hydrogen (secondary N) is 2. The first kappa shape index (κ1) is 24.8. The quantitative estimate of drug-likeness (QED) is 0.248. The fourth-order valence-electron chi connectivity index (χ4n) is 3.12. The zero-order valence-electron chi connectivity index (χ0n) is 16.4. The second-order valence-electron chi connectivity index (χ2n) is 6.90. The molecule has 6 nitrogen and oxygen atoms in total. The molecule has 0 atom stereocenters. The Labute approximate surface area is 184 Å².